The lowest BCUT2D eigenvalue weighted by Gasteiger charge is -2.48. The van der Waals surface area contributed by atoms with Crippen LogP contribution >= 0.6 is 0 Å². The molecule has 1 aromatic rings. The Kier molecular flexibility index (Phi) is 5.00. The van der Waals surface area contributed by atoms with Gasteiger partial charge in [-0.15, -0.1) is 0 Å². The van der Waals surface area contributed by atoms with Gasteiger partial charge in [-0.05, 0) is 32.8 Å². The third-order valence-electron chi connectivity index (χ3n) is 4.48. The molecule has 1 saturated heterocycles. The first-order valence-electron chi connectivity index (χ1n) is 7.73. The zero-order chi connectivity index (χ0) is 14.6. The van der Waals surface area contributed by atoms with Crippen LogP contribution in [0.2, 0.25) is 0 Å². The molecule has 2 atom stereocenters. The van der Waals surface area contributed by atoms with Crippen LogP contribution in [0, 0.1) is 0 Å². The third-order valence-corrected chi connectivity index (χ3v) is 4.48. The molecule has 0 amide bonds. The summed E-state index contributed by atoms with van der Waals surface area (Å²) in [6.45, 7) is 12.2. The molecule has 0 spiro atoms. The van der Waals surface area contributed by atoms with Crippen LogP contribution in [0.4, 0.5) is 0 Å². The van der Waals surface area contributed by atoms with Gasteiger partial charge >= 0.3 is 0 Å². The third kappa shape index (κ3) is 3.31. The number of piperazine rings is 1. The number of rotatable bonds is 4. The molecule has 0 saturated carbocycles. The largest absolute Gasteiger partial charge is 0.311 e. The molecule has 110 valence electrons. The molecule has 20 heavy (non-hydrogen) atoms. The highest BCUT2D eigenvalue weighted by Gasteiger charge is 2.37. The van der Waals surface area contributed by atoms with Gasteiger partial charge in [0, 0.05) is 25.7 Å². The van der Waals surface area contributed by atoms with E-state index in [4.69, 9.17) is 0 Å². The normalized spacial score (nSPS) is 27.3. The first kappa shape index (κ1) is 15.3. The first-order valence-corrected chi connectivity index (χ1v) is 7.73. The van der Waals surface area contributed by atoms with Crippen molar-refractivity contribution in [3.8, 4) is 0 Å². The highest BCUT2D eigenvalue weighted by atomic mass is 15.3. The molecule has 1 aromatic carbocycles. The summed E-state index contributed by atoms with van der Waals surface area (Å²) in [6.07, 6.45) is 3.54. The van der Waals surface area contributed by atoms with Gasteiger partial charge in [0.2, 0.25) is 0 Å². The summed E-state index contributed by atoms with van der Waals surface area (Å²) in [6, 6.07) is 11.5. The van der Waals surface area contributed by atoms with Crippen LogP contribution in [0.3, 0.4) is 0 Å². The Labute approximate surface area is 123 Å². The number of hydrogen-bond donors (Lipinski definition) is 1. The molecule has 2 heteroatoms. The van der Waals surface area contributed by atoms with Crippen LogP contribution in [0.5, 0.6) is 0 Å². The topological polar surface area (TPSA) is 15.3 Å². The first-order chi connectivity index (χ1) is 9.56. The number of allylic oxidation sites excluding steroid dienone is 1. The average molecular weight is 272 g/mol. The fourth-order valence-corrected chi connectivity index (χ4v) is 2.91. The molecule has 1 N–H and O–H groups in total. The molecule has 0 radical (unpaired) electrons. The molecule has 0 aromatic heterocycles. The van der Waals surface area contributed by atoms with Crippen molar-refractivity contribution in [1.82, 2.24) is 10.2 Å². The molecule has 2 unspecified atom stereocenters. The molecule has 2 rings (SSSR count). The maximum atomic E-state index is 3.71. The van der Waals surface area contributed by atoms with E-state index in [2.05, 4.69) is 74.3 Å². The molecule has 0 bridgehead atoms. The standard InChI is InChI=1S/C18H28N2/c1-5-17-13-20(12-11-15(2)3)18(4,14-19-17)16-9-7-6-8-10-16/h6-11,17,19H,5,12-14H2,1-4H3. The van der Waals surface area contributed by atoms with E-state index >= 15 is 0 Å². The fraction of sp³-hybridized carbons (Fsp3) is 0.556. The predicted octanol–water partition coefficient (Wildman–Crippen LogP) is 3.55. The van der Waals surface area contributed by atoms with E-state index in [-0.39, 0.29) is 5.54 Å². The van der Waals surface area contributed by atoms with E-state index in [0.29, 0.717) is 6.04 Å². The van der Waals surface area contributed by atoms with Crippen molar-refractivity contribution in [2.75, 3.05) is 19.6 Å². The molecule has 1 aliphatic rings. The summed E-state index contributed by atoms with van der Waals surface area (Å²) in [5, 5.41) is 3.71. The van der Waals surface area contributed by atoms with Crippen molar-refractivity contribution in [2.45, 2.75) is 45.7 Å². The van der Waals surface area contributed by atoms with Gasteiger partial charge in [-0.25, -0.2) is 0 Å². The number of nitrogens with one attached hydrogen (secondary N) is 1. The molecule has 1 heterocycles. The van der Waals surface area contributed by atoms with Gasteiger partial charge in [-0.3, -0.25) is 4.90 Å². The van der Waals surface area contributed by atoms with Crippen molar-refractivity contribution in [1.29, 1.82) is 0 Å². The highest BCUT2D eigenvalue weighted by Crippen LogP contribution is 2.31. The lowest BCUT2D eigenvalue weighted by atomic mass is 9.86. The van der Waals surface area contributed by atoms with Gasteiger partial charge in [0.25, 0.3) is 0 Å². The maximum absolute atomic E-state index is 3.71. The van der Waals surface area contributed by atoms with E-state index in [9.17, 15) is 0 Å². The zero-order valence-electron chi connectivity index (χ0n) is 13.3. The Morgan fingerprint density at radius 2 is 2.05 bits per heavy atom. The smallest absolute Gasteiger partial charge is 0.0561 e. The predicted molar refractivity (Wildman–Crippen MR) is 86.9 cm³/mol. The van der Waals surface area contributed by atoms with Gasteiger partial charge in [0.05, 0.1) is 5.54 Å². The number of hydrogen-bond acceptors (Lipinski definition) is 2. The maximum Gasteiger partial charge on any atom is 0.0561 e. The molecule has 0 aliphatic carbocycles. The Morgan fingerprint density at radius 1 is 1.35 bits per heavy atom. The summed E-state index contributed by atoms with van der Waals surface area (Å²) in [4.78, 5) is 2.62. The van der Waals surface area contributed by atoms with E-state index < -0.39 is 0 Å². The fourth-order valence-electron chi connectivity index (χ4n) is 2.91. The Balaban J connectivity index is 2.26. The Bertz CT molecular complexity index is 448. The lowest BCUT2D eigenvalue weighted by Crippen LogP contribution is -2.61. The van der Waals surface area contributed by atoms with Crippen LogP contribution < -0.4 is 5.32 Å². The highest BCUT2D eigenvalue weighted by molar-refractivity contribution is 5.26. The quantitative estimate of drug-likeness (QED) is 0.843. The average Bonchev–Trinajstić information content (AvgIpc) is 2.47. The summed E-state index contributed by atoms with van der Waals surface area (Å²) >= 11 is 0. The minimum Gasteiger partial charge on any atom is -0.311 e. The van der Waals surface area contributed by atoms with Gasteiger partial charge in [0.1, 0.15) is 0 Å². The summed E-state index contributed by atoms with van der Waals surface area (Å²) in [7, 11) is 0. The summed E-state index contributed by atoms with van der Waals surface area (Å²) in [5.41, 5.74) is 2.88. The minimum atomic E-state index is 0.0822. The molecular weight excluding hydrogens is 244 g/mol. The van der Waals surface area contributed by atoms with Crippen molar-refractivity contribution >= 4 is 0 Å². The van der Waals surface area contributed by atoms with Gasteiger partial charge in [0.15, 0.2) is 0 Å². The summed E-state index contributed by atoms with van der Waals surface area (Å²) in [5.74, 6) is 0. The molecule has 1 aliphatic heterocycles. The summed E-state index contributed by atoms with van der Waals surface area (Å²) < 4.78 is 0. The number of benzene rings is 1. The van der Waals surface area contributed by atoms with Crippen molar-refractivity contribution < 1.29 is 0 Å². The van der Waals surface area contributed by atoms with Crippen molar-refractivity contribution in [3.05, 3.63) is 47.5 Å². The van der Waals surface area contributed by atoms with Crippen molar-refractivity contribution in [2.24, 2.45) is 0 Å². The van der Waals surface area contributed by atoms with Crippen LogP contribution in [0.1, 0.15) is 39.7 Å². The SMILES string of the molecule is CCC1CN(CC=C(C)C)C(C)(c2ccccc2)CN1. The lowest BCUT2D eigenvalue weighted by molar-refractivity contribution is 0.0604. The van der Waals surface area contributed by atoms with E-state index in [1.165, 1.54) is 17.6 Å². The Morgan fingerprint density at radius 3 is 2.65 bits per heavy atom. The van der Waals surface area contributed by atoms with Gasteiger partial charge in [-0.1, -0.05) is 48.9 Å². The second-order valence-electron chi connectivity index (χ2n) is 6.31. The van der Waals surface area contributed by atoms with Crippen LogP contribution in [0.15, 0.2) is 42.0 Å². The molecule has 1 fully saturated rings. The molecule has 2 nitrogen and oxygen atoms in total. The van der Waals surface area contributed by atoms with Crippen LogP contribution in [-0.2, 0) is 5.54 Å². The monoisotopic (exact) mass is 272 g/mol. The van der Waals surface area contributed by atoms with Crippen LogP contribution in [-0.4, -0.2) is 30.6 Å². The van der Waals surface area contributed by atoms with E-state index in [1.54, 1.807) is 0 Å². The van der Waals surface area contributed by atoms with E-state index in [0.717, 1.165) is 19.6 Å². The Hall–Kier alpha value is -1.12. The van der Waals surface area contributed by atoms with Crippen LogP contribution in [0.25, 0.3) is 0 Å². The zero-order valence-corrected chi connectivity index (χ0v) is 13.3. The second kappa shape index (κ2) is 6.55. The second-order valence-corrected chi connectivity index (χ2v) is 6.31. The molecular formula is C18H28N2. The van der Waals surface area contributed by atoms with Gasteiger partial charge < -0.3 is 5.32 Å². The minimum absolute atomic E-state index is 0.0822. The number of nitrogens with zero attached hydrogens (tertiary/aromatic N) is 1. The van der Waals surface area contributed by atoms with Crippen molar-refractivity contribution in [3.63, 3.8) is 0 Å². The van der Waals surface area contributed by atoms with Gasteiger partial charge in [-0.2, -0.15) is 0 Å². The van der Waals surface area contributed by atoms with E-state index in [1.807, 2.05) is 0 Å².